The van der Waals surface area contributed by atoms with Gasteiger partial charge in [-0.25, -0.2) is 0 Å². The number of Topliss-reactive ketones (excluding diaryl/α,β-unsaturated/α-hetero) is 1. The maximum Gasteiger partial charge on any atom is 1.00 e. The number of non-ortho nitro benzene ring substituents is 1. The number of hydrogen-bond donors (Lipinski definition) is 0. The van der Waals surface area contributed by atoms with Crippen molar-refractivity contribution in [2.45, 2.75) is 6.92 Å². The molecule has 78 valence electrons. The molecule has 0 saturated heterocycles. The van der Waals surface area contributed by atoms with Crippen molar-refractivity contribution in [3.05, 3.63) is 51.8 Å². The molecule has 0 aliphatic carbocycles. The number of nitro groups is 1. The van der Waals surface area contributed by atoms with Gasteiger partial charge in [-0.1, -0.05) is 12.1 Å². The Hall–Kier alpha value is -1.17. The number of benzene rings is 1. The van der Waals surface area contributed by atoms with Crippen molar-refractivity contribution in [1.82, 2.24) is 0 Å². The summed E-state index contributed by atoms with van der Waals surface area (Å²) in [5.41, 5.74) is 0.00356. The SMILES string of the molecule is CC(=C[O-])C(=O)c1cccc([N+](=O)[O-])c1.[Na+]. The summed E-state index contributed by atoms with van der Waals surface area (Å²) in [6.07, 6.45) is 0.432. The third-order valence-corrected chi connectivity index (χ3v) is 1.85. The molecule has 0 fully saturated rings. The topological polar surface area (TPSA) is 83.3 Å². The molecule has 0 amide bonds. The van der Waals surface area contributed by atoms with E-state index in [4.69, 9.17) is 0 Å². The molecule has 0 aliphatic rings. The summed E-state index contributed by atoms with van der Waals surface area (Å²) in [6.45, 7) is 1.37. The van der Waals surface area contributed by atoms with Gasteiger partial charge >= 0.3 is 29.6 Å². The van der Waals surface area contributed by atoms with Crippen LogP contribution in [0.5, 0.6) is 0 Å². The molecule has 0 bridgehead atoms. The summed E-state index contributed by atoms with van der Waals surface area (Å²) in [4.78, 5) is 21.3. The first kappa shape index (κ1) is 14.8. The number of carbonyl (C=O) groups is 1. The zero-order valence-electron chi connectivity index (χ0n) is 8.97. The standard InChI is InChI=1S/C10H9NO4.Na/c1-7(6-12)10(13)8-3-2-4-9(5-8)11(14)15;/h2-6,12H,1H3;/q;+1/p-1. The molecular weight excluding hydrogens is 221 g/mol. The van der Waals surface area contributed by atoms with Crippen molar-refractivity contribution in [2.24, 2.45) is 0 Å². The normalized spacial score (nSPS) is 10.4. The fourth-order valence-electron chi connectivity index (χ4n) is 1.04. The molecule has 0 heterocycles. The van der Waals surface area contributed by atoms with E-state index in [0.717, 1.165) is 6.07 Å². The molecule has 5 nitrogen and oxygen atoms in total. The van der Waals surface area contributed by atoms with Crippen molar-refractivity contribution in [1.29, 1.82) is 0 Å². The number of ketones is 1. The van der Waals surface area contributed by atoms with Gasteiger partial charge in [0, 0.05) is 17.7 Å². The monoisotopic (exact) mass is 229 g/mol. The van der Waals surface area contributed by atoms with Crippen LogP contribution in [0.3, 0.4) is 0 Å². The molecule has 0 atom stereocenters. The van der Waals surface area contributed by atoms with Crippen LogP contribution < -0.4 is 34.7 Å². The van der Waals surface area contributed by atoms with E-state index in [-0.39, 0.29) is 46.4 Å². The summed E-state index contributed by atoms with van der Waals surface area (Å²) in [5, 5.41) is 20.8. The first-order valence-electron chi connectivity index (χ1n) is 4.14. The Morgan fingerprint density at radius 1 is 1.44 bits per heavy atom. The van der Waals surface area contributed by atoms with Crippen LogP contribution in [0.2, 0.25) is 0 Å². The van der Waals surface area contributed by atoms with Gasteiger partial charge in [0.2, 0.25) is 0 Å². The minimum atomic E-state index is -0.590. The zero-order valence-corrected chi connectivity index (χ0v) is 11.0. The van der Waals surface area contributed by atoms with Crippen molar-refractivity contribution < 1.29 is 44.4 Å². The minimum Gasteiger partial charge on any atom is -0.878 e. The van der Waals surface area contributed by atoms with E-state index >= 15 is 0 Å². The molecule has 0 unspecified atom stereocenters. The first-order chi connectivity index (χ1) is 7.06. The van der Waals surface area contributed by atoms with Crippen molar-refractivity contribution in [3.63, 3.8) is 0 Å². The van der Waals surface area contributed by atoms with Gasteiger partial charge in [-0.05, 0) is 12.5 Å². The number of nitrogens with zero attached hydrogens (tertiary/aromatic N) is 1. The number of carbonyl (C=O) groups excluding carboxylic acids is 1. The van der Waals surface area contributed by atoms with Crippen LogP contribution in [0, 0.1) is 10.1 Å². The molecule has 0 aromatic heterocycles. The van der Waals surface area contributed by atoms with Gasteiger partial charge < -0.3 is 5.11 Å². The quantitative estimate of drug-likeness (QED) is 0.150. The van der Waals surface area contributed by atoms with Crippen LogP contribution in [-0.2, 0) is 0 Å². The van der Waals surface area contributed by atoms with Crippen LogP contribution in [0.15, 0.2) is 36.1 Å². The summed E-state index contributed by atoms with van der Waals surface area (Å²) in [6, 6.07) is 5.27. The van der Waals surface area contributed by atoms with Crippen LogP contribution >= 0.6 is 0 Å². The molecule has 1 aromatic carbocycles. The number of allylic oxidation sites excluding steroid dienone is 1. The molecular formula is C10H8NNaO4. The van der Waals surface area contributed by atoms with E-state index < -0.39 is 10.7 Å². The summed E-state index contributed by atoms with van der Waals surface area (Å²) in [5.74, 6) is -0.492. The van der Waals surface area contributed by atoms with E-state index in [1.807, 2.05) is 0 Å². The molecule has 0 spiro atoms. The van der Waals surface area contributed by atoms with Gasteiger partial charge in [0.15, 0.2) is 5.78 Å². The Labute approximate surface area is 114 Å². The Morgan fingerprint density at radius 2 is 2.06 bits per heavy atom. The second kappa shape index (κ2) is 6.42. The van der Waals surface area contributed by atoms with E-state index in [1.165, 1.54) is 25.1 Å². The second-order valence-electron chi connectivity index (χ2n) is 2.94. The number of rotatable bonds is 3. The van der Waals surface area contributed by atoms with Gasteiger partial charge in [0.05, 0.1) is 4.92 Å². The van der Waals surface area contributed by atoms with Crippen LogP contribution in [0.25, 0.3) is 0 Å². The fourth-order valence-corrected chi connectivity index (χ4v) is 1.04. The maximum atomic E-state index is 11.5. The number of nitro benzene ring substituents is 1. The van der Waals surface area contributed by atoms with E-state index in [9.17, 15) is 20.0 Å². The Bertz CT molecular complexity index is 442. The van der Waals surface area contributed by atoms with Crippen molar-refractivity contribution in [2.75, 3.05) is 0 Å². The van der Waals surface area contributed by atoms with Gasteiger partial charge in [-0.2, -0.15) is 0 Å². The van der Waals surface area contributed by atoms with Crippen LogP contribution in [-0.4, -0.2) is 10.7 Å². The average molecular weight is 229 g/mol. The third kappa shape index (κ3) is 3.44. The predicted molar refractivity (Wildman–Crippen MR) is 51.2 cm³/mol. The van der Waals surface area contributed by atoms with Crippen molar-refractivity contribution >= 4 is 11.5 Å². The molecule has 1 rings (SSSR count). The molecule has 1 aromatic rings. The van der Waals surface area contributed by atoms with E-state index in [2.05, 4.69) is 0 Å². The average Bonchev–Trinajstić information content (AvgIpc) is 2.27. The van der Waals surface area contributed by atoms with Crippen LogP contribution in [0.1, 0.15) is 17.3 Å². The fraction of sp³-hybridized carbons (Fsp3) is 0.100. The molecule has 0 radical (unpaired) electrons. The van der Waals surface area contributed by atoms with Gasteiger partial charge in [-0.15, -0.1) is 6.26 Å². The minimum absolute atomic E-state index is 0. The largest absolute Gasteiger partial charge is 1.00 e. The van der Waals surface area contributed by atoms with Gasteiger partial charge in [0.1, 0.15) is 0 Å². The number of hydrogen-bond acceptors (Lipinski definition) is 4. The second-order valence-corrected chi connectivity index (χ2v) is 2.94. The smallest absolute Gasteiger partial charge is 0.878 e. The molecule has 0 aliphatic heterocycles. The van der Waals surface area contributed by atoms with E-state index in [0.29, 0.717) is 6.26 Å². The molecule has 0 saturated carbocycles. The summed E-state index contributed by atoms with van der Waals surface area (Å²) < 4.78 is 0. The Balaban J connectivity index is 0.00000225. The Morgan fingerprint density at radius 3 is 2.56 bits per heavy atom. The van der Waals surface area contributed by atoms with Gasteiger partial charge in [0.25, 0.3) is 5.69 Å². The summed E-state index contributed by atoms with van der Waals surface area (Å²) in [7, 11) is 0. The van der Waals surface area contributed by atoms with Gasteiger partial charge in [-0.3, -0.25) is 14.9 Å². The van der Waals surface area contributed by atoms with E-state index in [1.54, 1.807) is 0 Å². The predicted octanol–water partition coefficient (Wildman–Crippen LogP) is -1.95. The Kier molecular flexibility index (Phi) is 5.95. The maximum absolute atomic E-state index is 11.5. The summed E-state index contributed by atoms with van der Waals surface area (Å²) >= 11 is 0. The third-order valence-electron chi connectivity index (χ3n) is 1.85. The molecule has 0 N–H and O–H groups in total. The van der Waals surface area contributed by atoms with Crippen molar-refractivity contribution in [3.8, 4) is 0 Å². The van der Waals surface area contributed by atoms with Crippen LogP contribution in [0.4, 0.5) is 5.69 Å². The zero-order chi connectivity index (χ0) is 11.4. The first-order valence-corrected chi connectivity index (χ1v) is 4.14. The molecule has 6 heteroatoms. The molecule has 16 heavy (non-hydrogen) atoms.